The summed E-state index contributed by atoms with van der Waals surface area (Å²) in [6, 6.07) is 24.2. The molecule has 196 valence electrons. The van der Waals surface area contributed by atoms with Gasteiger partial charge in [0.1, 0.15) is 5.41 Å². The molecular weight excluding hydrogens is 490 g/mol. The van der Waals surface area contributed by atoms with Crippen LogP contribution in [-0.4, -0.2) is 24.6 Å². The van der Waals surface area contributed by atoms with Gasteiger partial charge >= 0.3 is 0 Å². The fourth-order valence-corrected chi connectivity index (χ4v) is 6.10. The van der Waals surface area contributed by atoms with Crippen molar-refractivity contribution in [1.82, 2.24) is 18.7 Å². The maximum Gasteiger partial charge on any atom is 0.276 e. The van der Waals surface area contributed by atoms with Gasteiger partial charge in [0.25, 0.3) is 11.1 Å². The number of anilines is 1. The Labute approximate surface area is 225 Å². The first-order chi connectivity index (χ1) is 18.7. The molecule has 0 saturated carbocycles. The highest BCUT2D eigenvalue weighted by molar-refractivity contribution is 6.12. The second kappa shape index (κ2) is 8.59. The van der Waals surface area contributed by atoms with Crippen molar-refractivity contribution in [1.29, 1.82) is 0 Å². The Morgan fingerprint density at radius 2 is 1.08 bits per heavy atom. The summed E-state index contributed by atoms with van der Waals surface area (Å²) < 4.78 is 6.62. The number of hydrogen-bond acceptors (Lipinski definition) is 3. The maximum atomic E-state index is 14.4. The summed E-state index contributed by atoms with van der Waals surface area (Å²) in [6.45, 7) is 5.56. The Kier molecular flexibility index (Phi) is 5.39. The maximum absolute atomic E-state index is 14.4. The quantitative estimate of drug-likeness (QED) is 0.391. The van der Waals surface area contributed by atoms with Crippen molar-refractivity contribution in [3.63, 3.8) is 0 Å². The molecule has 0 radical (unpaired) electrons. The molecule has 39 heavy (non-hydrogen) atoms. The summed E-state index contributed by atoms with van der Waals surface area (Å²) in [6.07, 6.45) is 0. The topological polar surface area (TPSA) is 83.0 Å². The lowest BCUT2D eigenvalue weighted by atomic mass is 9.70. The van der Waals surface area contributed by atoms with Crippen LogP contribution in [0.25, 0.3) is 11.4 Å². The van der Waals surface area contributed by atoms with Gasteiger partial charge in [-0.2, -0.15) is 0 Å². The van der Waals surface area contributed by atoms with E-state index >= 15 is 0 Å². The molecule has 0 spiro atoms. The van der Waals surface area contributed by atoms with E-state index in [-0.39, 0.29) is 22.2 Å². The number of aryl methyl sites for hydroxylation is 1. The summed E-state index contributed by atoms with van der Waals surface area (Å²) >= 11 is 0. The molecule has 1 aliphatic heterocycles. The highest BCUT2D eigenvalue weighted by Crippen LogP contribution is 2.48. The zero-order valence-electron chi connectivity index (χ0n) is 22.5. The highest BCUT2D eigenvalue weighted by Gasteiger charge is 2.56. The Balaban J connectivity index is 1.80. The fraction of sp³-hybridized carbons (Fsp3) is 0.194. The minimum Gasteiger partial charge on any atom is -0.324 e. The molecule has 0 saturated heterocycles. The van der Waals surface area contributed by atoms with Gasteiger partial charge in [0.15, 0.2) is 0 Å². The molecule has 3 aromatic carbocycles. The van der Waals surface area contributed by atoms with Gasteiger partial charge in [0.2, 0.25) is 5.91 Å². The standard InChI is InChI=1S/C31H29N5O3/c1-19-13-12-18-24-27(19)32-30(39)31(24,25-20(2)33(4)35(28(25)37)22-14-8-6-9-15-22)26-21(3)34(5)36(29(26)38)23-16-10-7-11-17-23/h6-18H,1-5H3,(H,32,39). The van der Waals surface area contributed by atoms with Crippen molar-refractivity contribution < 1.29 is 4.79 Å². The van der Waals surface area contributed by atoms with E-state index < -0.39 is 11.3 Å². The molecule has 8 nitrogen and oxygen atoms in total. The smallest absolute Gasteiger partial charge is 0.276 e. The fourth-order valence-electron chi connectivity index (χ4n) is 6.10. The Hall–Kier alpha value is -4.85. The third kappa shape index (κ3) is 3.14. The van der Waals surface area contributed by atoms with Gasteiger partial charge in [-0.3, -0.25) is 23.7 Å². The van der Waals surface area contributed by atoms with Crippen LogP contribution in [0.5, 0.6) is 0 Å². The molecule has 0 atom stereocenters. The molecule has 0 bridgehead atoms. The second-order valence-corrected chi connectivity index (χ2v) is 10.1. The van der Waals surface area contributed by atoms with Gasteiger partial charge in [-0.05, 0) is 50.6 Å². The first kappa shape index (κ1) is 24.5. The zero-order valence-corrected chi connectivity index (χ0v) is 22.5. The van der Waals surface area contributed by atoms with Crippen molar-refractivity contribution in [3.05, 3.63) is 133 Å². The van der Waals surface area contributed by atoms with Gasteiger partial charge in [0.05, 0.1) is 22.5 Å². The number of amides is 1. The third-order valence-corrected chi connectivity index (χ3v) is 8.11. The monoisotopic (exact) mass is 519 g/mol. The molecule has 8 heteroatoms. The molecular formula is C31H29N5O3. The van der Waals surface area contributed by atoms with E-state index in [4.69, 9.17) is 0 Å². The van der Waals surface area contributed by atoms with E-state index in [9.17, 15) is 14.4 Å². The lowest BCUT2D eigenvalue weighted by molar-refractivity contribution is -0.118. The molecule has 1 aliphatic rings. The number of nitrogens with zero attached hydrogens (tertiary/aromatic N) is 4. The van der Waals surface area contributed by atoms with Gasteiger partial charge in [-0.15, -0.1) is 0 Å². The molecule has 1 amide bonds. The summed E-state index contributed by atoms with van der Waals surface area (Å²) in [5.41, 5.74) is 2.81. The average Bonchev–Trinajstić information content (AvgIpc) is 3.44. The van der Waals surface area contributed by atoms with Gasteiger partial charge in [-0.1, -0.05) is 54.6 Å². The van der Waals surface area contributed by atoms with Crippen molar-refractivity contribution in [3.8, 4) is 11.4 Å². The summed E-state index contributed by atoms with van der Waals surface area (Å²) in [4.78, 5) is 43.3. The number of aromatic nitrogens is 4. The third-order valence-electron chi connectivity index (χ3n) is 8.11. The number of benzene rings is 3. The molecule has 0 unspecified atom stereocenters. The van der Waals surface area contributed by atoms with Crippen LogP contribution < -0.4 is 16.4 Å². The zero-order chi connectivity index (χ0) is 27.6. The van der Waals surface area contributed by atoms with Crippen LogP contribution in [0.3, 0.4) is 0 Å². The molecule has 3 heterocycles. The van der Waals surface area contributed by atoms with E-state index in [0.717, 1.165) is 5.56 Å². The van der Waals surface area contributed by atoms with E-state index in [0.29, 0.717) is 34.0 Å². The lowest BCUT2D eigenvalue weighted by Gasteiger charge is -2.26. The molecule has 5 aromatic rings. The number of carbonyl (C=O) groups excluding carboxylic acids is 1. The van der Waals surface area contributed by atoms with Gasteiger partial charge in [-0.25, -0.2) is 9.36 Å². The Bertz CT molecular complexity index is 1780. The van der Waals surface area contributed by atoms with E-state index in [1.165, 1.54) is 0 Å². The first-order valence-electron chi connectivity index (χ1n) is 12.8. The predicted molar refractivity (Wildman–Crippen MR) is 151 cm³/mol. The summed E-state index contributed by atoms with van der Waals surface area (Å²) in [5.74, 6) is -0.413. The number of rotatable bonds is 4. The summed E-state index contributed by atoms with van der Waals surface area (Å²) in [7, 11) is 3.59. The van der Waals surface area contributed by atoms with E-state index in [1.807, 2.05) is 99.6 Å². The van der Waals surface area contributed by atoms with Gasteiger partial charge in [0, 0.05) is 36.7 Å². The van der Waals surface area contributed by atoms with Gasteiger partial charge < -0.3 is 5.32 Å². The number of fused-ring (bicyclic) bond motifs is 1. The second-order valence-electron chi connectivity index (χ2n) is 10.1. The summed E-state index contributed by atoms with van der Waals surface area (Å²) in [5, 5.41) is 3.05. The van der Waals surface area contributed by atoms with Crippen molar-refractivity contribution in [2.75, 3.05) is 5.32 Å². The lowest BCUT2D eigenvalue weighted by Crippen LogP contribution is -2.45. The number of nitrogens with one attached hydrogen (secondary N) is 1. The number of carbonyl (C=O) groups is 1. The number of hydrogen-bond donors (Lipinski definition) is 1. The SMILES string of the molecule is Cc1cccc2c1NC(=O)C2(c1c(C)n(C)n(-c2ccccc2)c1=O)c1c(C)n(C)n(-c2ccccc2)c1=O. The number of para-hydroxylation sites is 3. The predicted octanol–water partition coefficient (Wildman–Crippen LogP) is 3.88. The van der Waals surface area contributed by atoms with Crippen LogP contribution >= 0.6 is 0 Å². The normalized spacial score (nSPS) is 13.9. The average molecular weight is 520 g/mol. The van der Waals surface area contributed by atoms with Crippen molar-refractivity contribution in [2.45, 2.75) is 26.2 Å². The van der Waals surface area contributed by atoms with Crippen LogP contribution in [0.4, 0.5) is 5.69 Å². The molecule has 2 aromatic heterocycles. The highest BCUT2D eigenvalue weighted by atomic mass is 16.2. The van der Waals surface area contributed by atoms with Crippen LogP contribution in [0, 0.1) is 20.8 Å². The largest absolute Gasteiger partial charge is 0.324 e. The van der Waals surface area contributed by atoms with Crippen molar-refractivity contribution in [2.24, 2.45) is 14.1 Å². The van der Waals surface area contributed by atoms with E-state index in [1.54, 1.807) is 32.8 Å². The van der Waals surface area contributed by atoms with Crippen LogP contribution in [-0.2, 0) is 24.3 Å². The molecule has 6 rings (SSSR count). The minimum atomic E-state index is -1.65. The van der Waals surface area contributed by atoms with E-state index in [2.05, 4.69) is 5.32 Å². The Morgan fingerprint density at radius 3 is 1.54 bits per heavy atom. The van der Waals surface area contributed by atoms with Crippen molar-refractivity contribution >= 4 is 11.6 Å². The molecule has 1 N–H and O–H groups in total. The molecule has 0 aliphatic carbocycles. The Morgan fingerprint density at radius 1 is 0.615 bits per heavy atom. The minimum absolute atomic E-state index is 0.265. The van der Waals surface area contributed by atoms with Crippen LogP contribution in [0.15, 0.2) is 88.5 Å². The first-order valence-corrected chi connectivity index (χ1v) is 12.8. The van der Waals surface area contributed by atoms with Crippen LogP contribution in [0.1, 0.15) is 33.6 Å². The molecule has 0 fully saturated rings. The van der Waals surface area contributed by atoms with Crippen LogP contribution in [0.2, 0.25) is 0 Å².